The van der Waals surface area contributed by atoms with Gasteiger partial charge < -0.3 is 14.6 Å². The highest BCUT2D eigenvalue weighted by Gasteiger charge is 2.46. The Kier molecular flexibility index (Phi) is 10.6. The minimum Gasteiger partial charge on any atom is -0.598 e. The van der Waals surface area contributed by atoms with Crippen molar-refractivity contribution >= 4 is 55.4 Å². The molecule has 1 saturated heterocycles. The standard InChI is InChI=1S/C37H42ClFN4O5S2/c1-36(2,3)49(45)42-37(18-15-24-11-12-24,25-16-19-40-20-17-25)26-13-14-31(39)32(21-26)41-35(44)33-22-27(48-4)23-43(33)50(46,47)34-10-6-7-28-29(34)8-5-9-30(28)38/h5-10,13-14,16-17,19-21,24,27,33,42H,11-12,15,18,22-23H2,1-4H3,(H,41,44)/t27-,33-,37+,49?/m1/s1. The number of methoxy groups -OCH3 is 1. The number of pyridine rings is 1. The van der Waals surface area contributed by atoms with Gasteiger partial charge in [0.15, 0.2) is 0 Å². The van der Waals surface area contributed by atoms with E-state index in [4.69, 9.17) is 16.3 Å². The lowest BCUT2D eigenvalue weighted by molar-refractivity contribution is -0.119. The molecule has 0 bridgehead atoms. The summed E-state index contributed by atoms with van der Waals surface area (Å²) in [4.78, 5) is 18.3. The van der Waals surface area contributed by atoms with E-state index in [0.29, 0.717) is 33.7 Å². The van der Waals surface area contributed by atoms with E-state index in [0.717, 1.165) is 29.1 Å². The highest BCUT2D eigenvalue weighted by Crippen LogP contribution is 2.43. The molecule has 2 N–H and O–H groups in total. The van der Waals surface area contributed by atoms with Crippen LogP contribution in [-0.4, -0.2) is 58.7 Å². The number of anilines is 1. The number of halogens is 2. The number of hydrogen-bond acceptors (Lipinski definition) is 7. The van der Waals surface area contributed by atoms with Crippen molar-refractivity contribution in [2.45, 2.75) is 80.2 Å². The van der Waals surface area contributed by atoms with Gasteiger partial charge in [0.1, 0.15) is 22.1 Å². The summed E-state index contributed by atoms with van der Waals surface area (Å²) in [6, 6.07) is 16.9. The SMILES string of the molecule is CO[C@@H]1C[C@H](C(=O)Nc2cc([C@@](CCC3CC3)(N[S+]([O-])C(C)(C)C)c3ccncc3)ccc2F)N(S(=O)(=O)c2cccc3c(Cl)cccc23)C1. The summed E-state index contributed by atoms with van der Waals surface area (Å²) in [6.07, 6.45) is 6.50. The molecule has 1 aliphatic heterocycles. The van der Waals surface area contributed by atoms with Crippen LogP contribution in [0.3, 0.4) is 0 Å². The van der Waals surface area contributed by atoms with Crippen molar-refractivity contribution in [3.63, 3.8) is 0 Å². The number of aromatic nitrogens is 1. The quantitative estimate of drug-likeness (QED) is 0.151. The average Bonchev–Trinajstić information content (AvgIpc) is 3.82. The smallest absolute Gasteiger partial charge is 0.244 e. The third-order valence-corrected chi connectivity index (χ3v) is 13.5. The number of nitrogens with zero attached hydrogens (tertiary/aromatic N) is 2. The van der Waals surface area contributed by atoms with Gasteiger partial charge in [-0.2, -0.15) is 4.31 Å². The fraction of sp³-hybridized carbons (Fsp3) is 0.405. The number of sulfonamides is 1. The van der Waals surface area contributed by atoms with Crippen molar-refractivity contribution < 1.29 is 26.9 Å². The average molecular weight is 741 g/mol. The fourth-order valence-electron chi connectivity index (χ4n) is 6.54. The van der Waals surface area contributed by atoms with E-state index in [9.17, 15) is 17.8 Å². The monoisotopic (exact) mass is 740 g/mol. The Morgan fingerprint density at radius 1 is 1.06 bits per heavy atom. The third kappa shape index (κ3) is 7.43. The number of carbonyl (C=O) groups excluding carboxylic acids is 1. The van der Waals surface area contributed by atoms with Crippen LogP contribution in [0.4, 0.5) is 10.1 Å². The number of carbonyl (C=O) groups is 1. The Balaban J connectivity index is 1.37. The predicted molar refractivity (Wildman–Crippen MR) is 195 cm³/mol. The number of ether oxygens (including phenoxy) is 1. The molecule has 4 atom stereocenters. The number of hydrogen-bond donors (Lipinski definition) is 2. The second kappa shape index (κ2) is 14.5. The molecular weight excluding hydrogens is 699 g/mol. The largest absolute Gasteiger partial charge is 0.598 e. The van der Waals surface area contributed by atoms with Crippen LogP contribution in [0.2, 0.25) is 5.02 Å². The van der Waals surface area contributed by atoms with Crippen LogP contribution in [0.1, 0.15) is 64.0 Å². The van der Waals surface area contributed by atoms with Gasteiger partial charge in [0.25, 0.3) is 0 Å². The van der Waals surface area contributed by atoms with Gasteiger partial charge in [-0.25, -0.2) is 12.8 Å². The summed E-state index contributed by atoms with van der Waals surface area (Å²) in [7, 11) is -2.77. The Morgan fingerprint density at radius 3 is 2.44 bits per heavy atom. The van der Waals surface area contributed by atoms with E-state index in [1.807, 2.05) is 32.9 Å². The summed E-state index contributed by atoms with van der Waals surface area (Å²) in [5.41, 5.74) is 0.296. The van der Waals surface area contributed by atoms with Crippen LogP contribution < -0.4 is 10.0 Å². The van der Waals surface area contributed by atoms with E-state index in [1.54, 1.807) is 54.9 Å². The van der Waals surface area contributed by atoms with E-state index in [2.05, 4.69) is 15.0 Å². The number of fused-ring (bicyclic) bond motifs is 1. The molecule has 4 aromatic rings. The first kappa shape index (κ1) is 36.7. The molecule has 6 rings (SSSR count). The van der Waals surface area contributed by atoms with Crippen LogP contribution in [0.25, 0.3) is 10.8 Å². The summed E-state index contributed by atoms with van der Waals surface area (Å²) in [5, 5.41) is 4.11. The topological polar surface area (TPSA) is 124 Å². The van der Waals surface area contributed by atoms with Gasteiger partial charge in [0, 0.05) is 59.6 Å². The molecule has 1 aliphatic carbocycles. The lowest BCUT2D eigenvalue weighted by Crippen LogP contribution is -2.52. The zero-order chi connectivity index (χ0) is 35.8. The molecule has 2 fully saturated rings. The molecule has 0 spiro atoms. The van der Waals surface area contributed by atoms with Crippen LogP contribution in [0.15, 0.2) is 84.0 Å². The first-order valence-electron chi connectivity index (χ1n) is 16.7. The van der Waals surface area contributed by atoms with Crippen molar-refractivity contribution in [1.29, 1.82) is 0 Å². The van der Waals surface area contributed by atoms with Crippen molar-refractivity contribution in [2.75, 3.05) is 19.0 Å². The molecule has 13 heteroatoms. The molecule has 2 heterocycles. The van der Waals surface area contributed by atoms with Gasteiger partial charge in [-0.3, -0.25) is 9.78 Å². The molecule has 50 heavy (non-hydrogen) atoms. The molecule has 2 aliphatic rings. The molecule has 0 radical (unpaired) electrons. The number of benzene rings is 3. The van der Waals surface area contributed by atoms with Gasteiger partial charge in [0.2, 0.25) is 15.9 Å². The zero-order valence-electron chi connectivity index (χ0n) is 28.5. The van der Waals surface area contributed by atoms with Gasteiger partial charge in [-0.15, -0.1) is 4.72 Å². The zero-order valence-corrected chi connectivity index (χ0v) is 30.9. The fourth-order valence-corrected chi connectivity index (χ4v) is 9.58. The first-order valence-corrected chi connectivity index (χ1v) is 19.6. The van der Waals surface area contributed by atoms with Crippen LogP contribution >= 0.6 is 11.6 Å². The van der Waals surface area contributed by atoms with Crippen molar-refractivity contribution in [3.8, 4) is 0 Å². The van der Waals surface area contributed by atoms with Gasteiger partial charge in [0.05, 0.1) is 16.7 Å². The molecule has 1 saturated carbocycles. The van der Waals surface area contributed by atoms with Gasteiger partial charge in [-0.1, -0.05) is 54.8 Å². The van der Waals surface area contributed by atoms with E-state index in [-0.39, 0.29) is 23.5 Å². The van der Waals surface area contributed by atoms with Crippen LogP contribution in [0.5, 0.6) is 0 Å². The third-order valence-electron chi connectivity index (χ3n) is 9.61. The Labute approximate surface area is 301 Å². The van der Waals surface area contributed by atoms with E-state index in [1.165, 1.54) is 19.2 Å². The van der Waals surface area contributed by atoms with Crippen LogP contribution in [0, 0.1) is 11.7 Å². The second-order valence-corrected chi connectivity index (χ2v) is 18.3. The number of nitrogens with one attached hydrogen (secondary N) is 2. The van der Waals surface area contributed by atoms with Gasteiger partial charge >= 0.3 is 0 Å². The Hall–Kier alpha value is -3.10. The van der Waals surface area contributed by atoms with Crippen molar-refractivity contribution in [3.05, 3.63) is 101 Å². The van der Waals surface area contributed by atoms with Crippen molar-refractivity contribution in [2.24, 2.45) is 5.92 Å². The lowest BCUT2D eigenvalue weighted by Gasteiger charge is -2.39. The molecule has 266 valence electrons. The molecule has 3 aromatic carbocycles. The predicted octanol–water partition coefficient (Wildman–Crippen LogP) is 6.93. The second-order valence-electron chi connectivity index (χ2n) is 14.1. The maximum absolute atomic E-state index is 15.7. The van der Waals surface area contributed by atoms with E-state index < -0.39 is 55.5 Å². The number of amides is 1. The minimum atomic E-state index is -4.24. The molecule has 1 aromatic heterocycles. The highest BCUT2D eigenvalue weighted by atomic mass is 35.5. The molecular formula is C37H42ClFN4O5S2. The van der Waals surface area contributed by atoms with E-state index >= 15 is 4.39 Å². The first-order chi connectivity index (χ1) is 23.7. The highest BCUT2D eigenvalue weighted by molar-refractivity contribution is 7.90. The normalized spacial score (nSPS) is 20.5. The summed E-state index contributed by atoms with van der Waals surface area (Å²) in [5.74, 6) is -0.840. The molecule has 1 amide bonds. The van der Waals surface area contributed by atoms with Crippen LogP contribution in [-0.2, 0) is 36.5 Å². The number of rotatable bonds is 12. The molecule has 9 nitrogen and oxygen atoms in total. The maximum atomic E-state index is 15.7. The minimum absolute atomic E-state index is 0.0101. The van der Waals surface area contributed by atoms with Gasteiger partial charge in [-0.05, 0) is 87.1 Å². The van der Waals surface area contributed by atoms with Crippen molar-refractivity contribution in [1.82, 2.24) is 14.0 Å². The summed E-state index contributed by atoms with van der Waals surface area (Å²) >= 11 is 4.86. The summed E-state index contributed by atoms with van der Waals surface area (Å²) < 4.78 is 67.4. The molecule has 1 unspecified atom stereocenters. The Morgan fingerprint density at radius 2 is 1.76 bits per heavy atom. The summed E-state index contributed by atoms with van der Waals surface area (Å²) in [6.45, 7) is 5.58. The Bertz CT molecular complexity index is 1980. The maximum Gasteiger partial charge on any atom is 0.244 e. The lowest BCUT2D eigenvalue weighted by atomic mass is 9.79.